The molecule has 0 unspecified atom stereocenters. The normalized spacial score (nSPS) is 20.4. The maximum atomic E-state index is 12.9. The predicted molar refractivity (Wildman–Crippen MR) is 81.3 cm³/mol. The van der Waals surface area contributed by atoms with Gasteiger partial charge in [0.05, 0.1) is 12.1 Å². The number of aromatic nitrogens is 2. The molecule has 7 nitrogen and oxygen atoms in total. The Morgan fingerprint density at radius 2 is 2.15 bits per heavy atom. The summed E-state index contributed by atoms with van der Waals surface area (Å²) in [6.45, 7) is 0.540. The average Bonchev–Trinajstić information content (AvgIpc) is 3.19. The molecule has 3 rings (SSSR count). The van der Waals surface area contributed by atoms with Gasteiger partial charge in [0.1, 0.15) is 5.75 Å². The van der Waals surface area contributed by atoms with Crippen LogP contribution in [0.1, 0.15) is 28.5 Å². The molecule has 1 amide bonds. The van der Waals surface area contributed by atoms with Gasteiger partial charge in [0, 0.05) is 19.9 Å². The Bertz CT molecular complexity index is 808. The summed E-state index contributed by atoms with van der Waals surface area (Å²) in [5.74, 6) is 0.168. The van der Waals surface area contributed by atoms with Gasteiger partial charge in [0.25, 0.3) is 5.91 Å². The third-order valence-electron chi connectivity index (χ3n) is 4.11. The molecular formula is C16H16F3N3O4. The number of carbonyl (C=O) groups is 1. The minimum atomic E-state index is -4.80. The number of hydrogen-bond acceptors (Lipinski definition) is 6. The van der Waals surface area contributed by atoms with Crippen LogP contribution in [0.25, 0.3) is 0 Å². The van der Waals surface area contributed by atoms with E-state index in [1.807, 2.05) is 0 Å². The number of aliphatic hydroxyl groups is 1. The lowest BCUT2D eigenvalue weighted by atomic mass is 10.0. The number of β-amino-alcohol motifs (C(OH)–C–C–N with tert-alkyl or cyclic N) is 1. The quantitative estimate of drug-likeness (QED) is 0.886. The van der Waals surface area contributed by atoms with Gasteiger partial charge in [-0.05, 0) is 12.1 Å². The van der Waals surface area contributed by atoms with E-state index in [9.17, 15) is 23.1 Å². The number of benzene rings is 1. The first-order valence-corrected chi connectivity index (χ1v) is 7.79. The van der Waals surface area contributed by atoms with Gasteiger partial charge in [-0.3, -0.25) is 4.79 Å². The topological polar surface area (TPSA) is 88.7 Å². The zero-order valence-electron chi connectivity index (χ0n) is 13.8. The molecule has 0 spiro atoms. The van der Waals surface area contributed by atoms with Crippen LogP contribution in [0, 0.1) is 6.92 Å². The van der Waals surface area contributed by atoms with Crippen molar-refractivity contribution >= 4 is 5.91 Å². The Morgan fingerprint density at radius 3 is 2.77 bits per heavy atom. The van der Waals surface area contributed by atoms with Crippen molar-refractivity contribution in [2.24, 2.45) is 0 Å². The van der Waals surface area contributed by atoms with Gasteiger partial charge in [-0.25, -0.2) is 0 Å². The fourth-order valence-corrected chi connectivity index (χ4v) is 2.68. The number of halogens is 3. The van der Waals surface area contributed by atoms with E-state index in [2.05, 4.69) is 10.1 Å². The fourth-order valence-electron chi connectivity index (χ4n) is 2.68. The Hall–Kier alpha value is -2.62. The second-order valence-corrected chi connectivity index (χ2v) is 6.02. The highest BCUT2D eigenvalue weighted by Crippen LogP contribution is 2.38. The highest BCUT2D eigenvalue weighted by atomic mass is 19.4. The second kappa shape index (κ2) is 6.60. The van der Waals surface area contributed by atoms with Crippen LogP contribution in [-0.4, -0.2) is 50.9 Å². The van der Waals surface area contributed by atoms with Crippen molar-refractivity contribution < 1.29 is 32.3 Å². The summed E-state index contributed by atoms with van der Waals surface area (Å²) < 4.78 is 49.2. The van der Waals surface area contributed by atoms with E-state index in [1.54, 1.807) is 19.1 Å². The first-order chi connectivity index (χ1) is 12.2. The summed E-state index contributed by atoms with van der Waals surface area (Å²) in [6.07, 6.45) is -5.36. The van der Waals surface area contributed by atoms with E-state index in [0.717, 1.165) is 4.90 Å². The maximum absolute atomic E-state index is 12.9. The van der Waals surface area contributed by atoms with Crippen LogP contribution in [0.2, 0.25) is 0 Å². The maximum Gasteiger partial charge on any atom is 0.419 e. The molecule has 1 aliphatic rings. The van der Waals surface area contributed by atoms with Crippen molar-refractivity contribution in [2.75, 3.05) is 13.1 Å². The van der Waals surface area contributed by atoms with Crippen LogP contribution < -0.4 is 4.74 Å². The summed E-state index contributed by atoms with van der Waals surface area (Å²) in [4.78, 5) is 17.5. The van der Waals surface area contributed by atoms with Gasteiger partial charge in [0.15, 0.2) is 12.2 Å². The molecule has 26 heavy (non-hydrogen) atoms. The number of rotatable bonds is 4. The molecule has 0 saturated carbocycles. The summed E-state index contributed by atoms with van der Waals surface area (Å²) >= 11 is 0. The highest BCUT2D eigenvalue weighted by Gasteiger charge is 2.57. The fraction of sp³-hybridized carbons (Fsp3) is 0.438. The SMILES string of the molecule is Cc1nc(COc2ccccc2C(=O)N2CC[C@](O)(C(F)(F)F)C2)no1. The molecule has 2 aromatic rings. The average molecular weight is 371 g/mol. The third kappa shape index (κ3) is 3.50. The molecule has 1 N–H and O–H groups in total. The van der Waals surface area contributed by atoms with Crippen LogP contribution in [0.15, 0.2) is 28.8 Å². The van der Waals surface area contributed by atoms with Crippen molar-refractivity contribution in [1.29, 1.82) is 0 Å². The number of hydrogen-bond donors (Lipinski definition) is 1. The Kier molecular flexibility index (Phi) is 4.61. The van der Waals surface area contributed by atoms with Crippen LogP contribution in [-0.2, 0) is 6.61 Å². The van der Waals surface area contributed by atoms with Crippen molar-refractivity contribution in [2.45, 2.75) is 31.7 Å². The third-order valence-corrected chi connectivity index (χ3v) is 4.11. The number of nitrogens with zero attached hydrogens (tertiary/aromatic N) is 3. The van der Waals surface area contributed by atoms with Crippen molar-refractivity contribution in [3.63, 3.8) is 0 Å². The molecule has 0 aliphatic carbocycles. The Labute approximate surface area is 146 Å². The molecule has 1 aromatic carbocycles. The van der Waals surface area contributed by atoms with Gasteiger partial charge < -0.3 is 19.3 Å². The van der Waals surface area contributed by atoms with Crippen molar-refractivity contribution in [3.8, 4) is 5.75 Å². The molecular weight excluding hydrogens is 355 g/mol. The standard InChI is InChI=1S/C16H16F3N3O4/c1-10-20-13(21-26-10)8-25-12-5-3-2-4-11(12)14(23)22-7-6-15(24,9-22)16(17,18)19/h2-5,24H,6-9H2,1H3/t15-/m1/s1. The number of ether oxygens (including phenoxy) is 1. The van der Waals surface area contributed by atoms with Gasteiger partial charge in [-0.2, -0.15) is 18.2 Å². The Balaban J connectivity index is 1.74. The van der Waals surface area contributed by atoms with Gasteiger partial charge in [-0.1, -0.05) is 17.3 Å². The lowest BCUT2D eigenvalue weighted by Crippen LogP contribution is -2.48. The molecule has 10 heteroatoms. The number of carbonyl (C=O) groups excluding carboxylic acids is 1. The van der Waals surface area contributed by atoms with Crippen LogP contribution in [0.4, 0.5) is 13.2 Å². The van der Waals surface area contributed by atoms with E-state index < -0.39 is 30.7 Å². The lowest BCUT2D eigenvalue weighted by Gasteiger charge is -2.26. The summed E-state index contributed by atoms with van der Waals surface area (Å²) in [5, 5.41) is 13.4. The summed E-state index contributed by atoms with van der Waals surface area (Å²) in [6, 6.07) is 6.17. The summed E-state index contributed by atoms with van der Waals surface area (Å²) in [5.41, 5.74) is -2.79. The minimum absolute atomic E-state index is 0.0614. The zero-order chi connectivity index (χ0) is 18.9. The molecule has 140 valence electrons. The highest BCUT2D eigenvalue weighted by molar-refractivity contribution is 5.97. The number of alkyl halides is 3. The number of likely N-dealkylation sites (tertiary alicyclic amines) is 1. The smallest absolute Gasteiger partial charge is 0.419 e. The zero-order valence-corrected chi connectivity index (χ0v) is 13.8. The lowest BCUT2D eigenvalue weighted by molar-refractivity contribution is -0.253. The molecule has 1 fully saturated rings. The summed E-state index contributed by atoms with van der Waals surface area (Å²) in [7, 11) is 0. The van der Waals surface area contributed by atoms with E-state index in [-0.39, 0.29) is 30.3 Å². The van der Waals surface area contributed by atoms with E-state index in [0.29, 0.717) is 5.89 Å². The van der Waals surface area contributed by atoms with Crippen LogP contribution in [0.5, 0.6) is 5.75 Å². The predicted octanol–water partition coefficient (Wildman–Crippen LogP) is 2.10. The first-order valence-electron chi connectivity index (χ1n) is 7.79. The minimum Gasteiger partial charge on any atom is -0.485 e. The monoisotopic (exact) mass is 371 g/mol. The molecule has 2 heterocycles. The van der Waals surface area contributed by atoms with Crippen molar-refractivity contribution in [3.05, 3.63) is 41.5 Å². The molecule has 1 saturated heterocycles. The Morgan fingerprint density at radius 1 is 1.42 bits per heavy atom. The second-order valence-electron chi connectivity index (χ2n) is 6.02. The van der Waals surface area contributed by atoms with Crippen LogP contribution >= 0.6 is 0 Å². The molecule has 0 bridgehead atoms. The number of amides is 1. The van der Waals surface area contributed by atoms with E-state index in [1.165, 1.54) is 12.1 Å². The van der Waals surface area contributed by atoms with Gasteiger partial charge in [-0.15, -0.1) is 0 Å². The first kappa shape index (κ1) is 18.2. The molecule has 1 aromatic heterocycles. The number of para-hydroxylation sites is 1. The van der Waals surface area contributed by atoms with E-state index in [4.69, 9.17) is 9.26 Å². The molecule has 1 aliphatic heterocycles. The molecule has 0 radical (unpaired) electrons. The van der Waals surface area contributed by atoms with Crippen molar-refractivity contribution in [1.82, 2.24) is 15.0 Å². The molecule has 1 atom stereocenters. The van der Waals surface area contributed by atoms with Crippen LogP contribution in [0.3, 0.4) is 0 Å². The van der Waals surface area contributed by atoms with Gasteiger partial charge in [0.2, 0.25) is 11.7 Å². The largest absolute Gasteiger partial charge is 0.485 e. The number of aryl methyl sites for hydroxylation is 1. The van der Waals surface area contributed by atoms with E-state index >= 15 is 0 Å². The van der Waals surface area contributed by atoms with Gasteiger partial charge >= 0.3 is 6.18 Å².